The number of anilines is 1. The Balaban J connectivity index is 1.97. The predicted molar refractivity (Wildman–Crippen MR) is 93.9 cm³/mol. The van der Waals surface area contributed by atoms with Gasteiger partial charge in [-0.25, -0.2) is 4.39 Å². The molecule has 0 saturated carbocycles. The molecule has 0 saturated heterocycles. The summed E-state index contributed by atoms with van der Waals surface area (Å²) in [6, 6.07) is 13.1. The molecule has 2 N–H and O–H groups in total. The van der Waals surface area contributed by atoms with Crippen molar-refractivity contribution in [1.29, 1.82) is 0 Å². The first-order valence-corrected chi connectivity index (χ1v) is 8.56. The summed E-state index contributed by atoms with van der Waals surface area (Å²) in [5, 5.41) is 12.2. The van der Waals surface area contributed by atoms with Crippen LogP contribution >= 0.6 is 11.8 Å². The average Bonchev–Trinajstić information content (AvgIpc) is 2.56. The minimum atomic E-state index is -0.353. The van der Waals surface area contributed by atoms with Crippen LogP contribution in [-0.2, 0) is 0 Å². The van der Waals surface area contributed by atoms with E-state index in [4.69, 9.17) is 9.84 Å². The zero-order chi connectivity index (χ0) is 16.7. The lowest BCUT2D eigenvalue weighted by Crippen LogP contribution is -2.07. The van der Waals surface area contributed by atoms with Gasteiger partial charge >= 0.3 is 0 Å². The largest absolute Gasteiger partial charge is 0.494 e. The van der Waals surface area contributed by atoms with Crippen molar-refractivity contribution in [3.63, 3.8) is 0 Å². The number of aliphatic hydroxyl groups is 1. The number of benzene rings is 2. The first-order chi connectivity index (χ1) is 11.1. The maximum atomic E-state index is 13.8. The second kappa shape index (κ2) is 8.79. The third kappa shape index (κ3) is 5.15. The van der Waals surface area contributed by atoms with E-state index in [2.05, 4.69) is 5.32 Å². The molecule has 3 nitrogen and oxygen atoms in total. The molecule has 1 unspecified atom stereocenters. The molecule has 0 spiro atoms. The smallest absolute Gasteiger partial charge is 0.165 e. The van der Waals surface area contributed by atoms with Crippen molar-refractivity contribution in [3.05, 3.63) is 53.8 Å². The lowest BCUT2D eigenvalue weighted by atomic mass is 10.1. The number of halogens is 1. The molecule has 2 aromatic carbocycles. The van der Waals surface area contributed by atoms with E-state index in [-0.39, 0.29) is 24.2 Å². The summed E-state index contributed by atoms with van der Waals surface area (Å²) in [5.74, 6) is 0.810. The highest BCUT2D eigenvalue weighted by Crippen LogP contribution is 2.26. The lowest BCUT2D eigenvalue weighted by molar-refractivity contribution is 0.296. The Bertz CT molecular complexity index is 619. The zero-order valence-corrected chi connectivity index (χ0v) is 14.2. The minimum Gasteiger partial charge on any atom is -0.494 e. The summed E-state index contributed by atoms with van der Waals surface area (Å²) in [7, 11) is 1.46. The number of hydrogen-bond acceptors (Lipinski definition) is 4. The number of hydrogen-bond donors (Lipinski definition) is 2. The van der Waals surface area contributed by atoms with Gasteiger partial charge < -0.3 is 15.2 Å². The summed E-state index contributed by atoms with van der Waals surface area (Å²) in [4.78, 5) is 1.17. The molecule has 124 valence electrons. The van der Waals surface area contributed by atoms with Crippen LogP contribution in [0.4, 0.5) is 10.1 Å². The van der Waals surface area contributed by atoms with Crippen molar-refractivity contribution in [2.45, 2.75) is 24.3 Å². The number of nitrogens with one attached hydrogen (secondary N) is 1. The second-order valence-corrected chi connectivity index (χ2v) is 6.38. The molecule has 0 aliphatic carbocycles. The molecule has 0 fully saturated rings. The Morgan fingerprint density at radius 3 is 2.57 bits per heavy atom. The van der Waals surface area contributed by atoms with Crippen molar-refractivity contribution in [2.24, 2.45) is 0 Å². The van der Waals surface area contributed by atoms with Crippen molar-refractivity contribution in [3.8, 4) is 5.75 Å². The van der Waals surface area contributed by atoms with E-state index in [1.165, 1.54) is 18.1 Å². The topological polar surface area (TPSA) is 41.5 Å². The Morgan fingerprint density at radius 2 is 1.96 bits per heavy atom. The van der Waals surface area contributed by atoms with Crippen LogP contribution in [0.15, 0.2) is 47.4 Å². The quantitative estimate of drug-likeness (QED) is 0.551. The van der Waals surface area contributed by atoms with Gasteiger partial charge in [0.05, 0.1) is 7.11 Å². The summed E-state index contributed by atoms with van der Waals surface area (Å²) in [6.45, 7) is 2.22. The minimum absolute atomic E-state index is 0.0108. The van der Waals surface area contributed by atoms with Crippen molar-refractivity contribution in [1.82, 2.24) is 0 Å². The van der Waals surface area contributed by atoms with Gasteiger partial charge in [0.2, 0.25) is 0 Å². The van der Waals surface area contributed by atoms with Crippen LogP contribution in [-0.4, -0.2) is 24.6 Å². The van der Waals surface area contributed by atoms with Gasteiger partial charge in [0.15, 0.2) is 11.6 Å². The van der Waals surface area contributed by atoms with E-state index in [1.807, 2.05) is 37.3 Å². The Morgan fingerprint density at radius 1 is 1.22 bits per heavy atom. The van der Waals surface area contributed by atoms with Gasteiger partial charge in [-0.2, -0.15) is 0 Å². The summed E-state index contributed by atoms with van der Waals surface area (Å²) < 4.78 is 18.7. The highest BCUT2D eigenvalue weighted by Gasteiger charge is 2.09. The number of aliphatic hydroxyl groups excluding tert-OH is 1. The van der Waals surface area contributed by atoms with Crippen LogP contribution in [0.5, 0.6) is 5.75 Å². The second-order valence-electron chi connectivity index (χ2n) is 5.21. The first kappa shape index (κ1) is 17.6. The molecule has 0 amide bonds. The van der Waals surface area contributed by atoms with E-state index < -0.39 is 0 Å². The molecule has 5 heteroatoms. The first-order valence-electron chi connectivity index (χ1n) is 7.57. The Hall–Kier alpha value is -1.72. The van der Waals surface area contributed by atoms with Crippen LogP contribution in [0, 0.1) is 5.82 Å². The van der Waals surface area contributed by atoms with Gasteiger partial charge in [-0.05, 0) is 55.3 Å². The average molecular weight is 335 g/mol. The fourth-order valence-electron chi connectivity index (χ4n) is 2.19. The Kier molecular flexibility index (Phi) is 6.74. The number of methoxy groups -OCH3 is 1. The molecule has 1 atom stereocenters. The van der Waals surface area contributed by atoms with Gasteiger partial charge in [-0.15, -0.1) is 11.8 Å². The fraction of sp³-hybridized carbons (Fsp3) is 0.333. The van der Waals surface area contributed by atoms with Crippen molar-refractivity contribution < 1.29 is 14.2 Å². The monoisotopic (exact) mass is 335 g/mol. The fourth-order valence-corrected chi connectivity index (χ4v) is 3.02. The van der Waals surface area contributed by atoms with E-state index >= 15 is 0 Å². The van der Waals surface area contributed by atoms with Crippen LogP contribution in [0.1, 0.15) is 24.9 Å². The molecule has 23 heavy (non-hydrogen) atoms. The van der Waals surface area contributed by atoms with E-state index in [0.717, 1.165) is 23.4 Å². The van der Waals surface area contributed by atoms with Gasteiger partial charge in [0, 0.05) is 29.0 Å². The van der Waals surface area contributed by atoms with E-state index in [1.54, 1.807) is 17.8 Å². The highest BCUT2D eigenvalue weighted by molar-refractivity contribution is 7.99. The molecule has 2 aromatic rings. The van der Waals surface area contributed by atoms with Crippen LogP contribution in [0.25, 0.3) is 0 Å². The third-order valence-corrected chi connectivity index (χ3v) is 4.58. The molecule has 0 heterocycles. The number of thioether (sulfide) groups is 1. The van der Waals surface area contributed by atoms with Gasteiger partial charge in [0.25, 0.3) is 0 Å². The number of ether oxygens (including phenoxy) is 1. The molecule has 0 bridgehead atoms. The Labute approximate surface area is 140 Å². The van der Waals surface area contributed by atoms with Gasteiger partial charge in [-0.3, -0.25) is 0 Å². The zero-order valence-electron chi connectivity index (χ0n) is 13.4. The molecular weight excluding hydrogens is 313 g/mol. The molecule has 0 aromatic heterocycles. The number of rotatable bonds is 8. The maximum absolute atomic E-state index is 13.8. The predicted octanol–water partition coefficient (Wildman–Crippen LogP) is 4.48. The van der Waals surface area contributed by atoms with Crippen molar-refractivity contribution in [2.75, 3.05) is 24.8 Å². The van der Waals surface area contributed by atoms with E-state index in [9.17, 15) is 4.39 Å². The summed E-state index contributed by atoms with van der Waals surface area (Å²) in [5.41, 5.74) is 1.85. The SMILES string of the molecule is COc1ccc(C(C)Nc2ccc(SCCCO)cc2)cc1F. The van der Waals surface area contributed by atoms with Crippen LogP contribution in [0.2, 0.25) is 0 Å². The summed E-state index contributed by atoms with van der Waals surface area (Å²) >= 11 is 1.72. The molecular formula is C18H22FNO2S. The standard InChI is InChI=1S/C18H22FNO2S/c1-13(14-4-9-18(22-2)17(19)12-14)20-15-5-7-16(8-6-15)23-11-3-10-21/h4-9,12-13,20-21H,3,10-11H2,1-2H3. The van der Waals surface area contributed by atoms with Crippen LogP contribution < -0.4 is 10.1 Å². The molecule has 0 aliphatic heterocycles. The van der Waals surface area contributed by atoms with Crippen molar-refractivity contribution >= 4 is 17.4 Å². The third-order valence-electron chi connectivity index (χ3n) is 3.48. The highest BCUT2D eigenvalue weighted by atomic mass is 32.2. The van der Waals surface area contributed by atoms with E-state index in [0.29, 0.717) is 0 Å². The lowest BCUT2D eigenvalue weighted by Gasteiger charge is -2.16. The van der Waals surface area contributed by atoms with Gasteiger partial charge in [0.1, 0.15) is 0 Å². The maximum Gasteiger partial charge on any atom is 0.165 e. The summed E-state index contributed by atoms with van der Waals surface area (Å²) in [6.07, 6.45) is 0.796. The molecule has 2 rings (SSSR count). The molecule has 0 radical (unpaired) electrons. The molecule has 0 aliphatic rings. The van der Waals surface area contributed by atoms with Crippen LogP contribution in [0.3, 0.4) is 0 Å². The normalized spacial score (nSPS) is 12.0. The van der Waals surface area contributed by atoms with Gasteiger partial charge in [-0.1, -0.05) is 6.07 Å².